The van der Waals surface area contributed by atoms with Crippen molar-refractivity contribution >= 4 is 52.0 Å². The fourth-order valence-electron chi connectivity index (χ4n) is 7.85. The summed E-state index contributed by atoms with van der Waals surface area (Å²) in [7, 11) is 5.84. The number of piperidine rings is 1. The lowest BCUT2D eigenvalue weighted by molar-refractivity contribution is -0.895. The van der Waals surface area contributed by atoms with Crippen LogP contribution < -0.4 is 9.62 Å². The minimum Gasteiger partial charge on any atom is -0.339 e. The maximum Gasteiger partial charge on any atom is 0.291 e. The molecule has 14 nitrogen and oxygen atoms in total. The third-order valence-corrected chi connectivity index (χ3v) is 12.6. The zero-order valence-electron chi connectivity index (χ0n) is 34.1. The van der Waals surface area contributed by atoms with Crippen LogP contribution in [-0.2, 0) is 29.7 Å². The summed E-state index contributed by atoms with van der Waals surface area (Å²) in [4.78, 5) is 47.7. The summed E-state index contributed by atoms with van der Waals surface area (Å²) < 4.78 is 71.6. The van der Waals surface area contributed by atoms with Crippen LogP contribution in [0.25, 0.3) is 22.4 Å². The Morgan fingerprint density at radius 1 is 0.934 bits per heavy atom. The van der Waals surface area contributed by atoms with Crippen LogP contribution >= 0.6 is 11.6 Å². The quantitative estimate of drug-likeness (QED) is 0.122. The number of amides is 3. The number of rotatable bonds is 11. The molecule has 4 heterocycles. The maximum absolute atomic E-state index is 15.8. The normalized spacial score (nSPS) is 16.1. The van der Waals surface area contributed by atoms with E-state index in [0.717, 1.165) is 34.7 Å². The first-order chi connectivity index (χ1) is 29.0. The van der Waals surface area contributed by atoms with Crippen LogP contribution in [0, 0.1) is 30.3 Å². The van der Waals surface area contributed by atoms with Crippen molar-refractivity contribution in [2.45, 2.75) is 26.3 Å². The van der Waals surface area contributed by atoms with Crippen LogP contribution in [0.1, 0.15) is 39.5 Å². The third-order valence-electron chi connectivity index (χ3n) is 11.5. The minimum atomic E-state index is -2.42. The number of carbonyl (C=O) groups excluding carboxylic acids is 3. The number of anilines is 2. The molecule has 0 bridgehead atoms. The summed E-state index contributed by atoms with van der Waals surface area (Å²) in [6.07, 6.45) is 4.47. The molecule has 2 N–H and O–H groups in total. The second-order valence-electron chi connectivity index (χ2n) is 15.9. The van der Waals surface area contributed by atoms with E-state index in [0.29, 0.717) is 43.1 Å². The third kappa shape index (κ3) is 9.36. The Balaban J connectivity index is 0.977. The number of benzene rings is 3. The topological polar surface area (TPSA) is 146 Å². The predicted octanol–water partition coefficient (Wildman–Crippen LogP) is 6.00. The molecule has 0 radical (unpaired) electrons. The second-order valence-corrected chi connectivity index (χ2v) is 17.2. The molecule has 3 aromatic carbocycles. The number of hydrogen-bond donors (Lipinski definition) is 2. The van der Waals surface area contributed by atoms with Crippen LogP contribution in [-0.4, -0.2) is 120 Å². The maximum atomic E-state index is 15.8. The molecule has 7 rings (SSSR count). The number of nitrogens with zero attached hydrogens (tertiary/aromatic N) is 8. The molecule has 2 aliphatic rings. The van der Waals surface area contributed by atoms with E-state index in [-0.39, 0.29) is 69.7 Å². The van der Waals surface area contributed by atoms with Gasteiger partial charge in [0.15, 0.2) is 17.5 Å². The van der Waals surface area contributed by atoms with Crippen molar-refractivity contribution < 1.29 is 40.8 Å². The first kappa shape index (κ1) is 43.5. The van der Waals surface area contributed by atoms with Gasteiger partial charge in [-0.3, -0.25) is 27.9 Å². The Kier molecular flexibility index (Phi) is 12.7. The monoisotopic (exact) mass is 880 g/mol. The molecule has 2 fully saturated rings. The molecular weight excluding hydrogens is 835 g/mol. The van der Waals surface area contributed by atoms with E-state index in [9.17, 15) is 27.5 Å². The highest BCUT2D eigenvalue weighted by molar-refractivity contribution is 7.80. The van der Waals surface area contributed by atoms with Crippen LogP contribution in [0.15, 0.2) is 67.0 Å². The Hall–Kier alpha value is -5.56. The van der Waals surface area contributed by atoms with Crippen molar-refractivity contribution in [1.29, 1.82) is 0 Å². The van der Waals surface area contributed by atoms with Crippen molar-refractivity contribution in [3.63, 3.8) is 0 Å². The summed E-state index contributed by atoms with van der Waals surface area (Å²) in [5.41, 5.74) is 1.44. The lowest BCUT2D eigenvalue weighted by atomic mass is 9.94. The summed E-state index contributed by atoms with van der Waals surface area (Å²) in [6, 6.07) is 12.4. The van der Waals surface area contributed by atoms with Crippen LogP contribution in [0.5, 0.6) is 0 Å². The van der Waals surface area contributed by atoms with Crippen molar-refractivity contribution in [3.05, 3.63) is 107 Å². The largest absolute Gasteiger partial charge is 0.339 e. The van der Waals surface area contributed by atoms with E-state index >= 15 is 8.78 Å². The van der Waals surface area contributed by atoms with Gasteiger partial charge in [-0.15, -0.1) is 0 Å². The average Bonchev–Trinajstić information content (AvgIpc) is 3.80. The van der Waals surface area contributed by atoms with Crippen molar-refractivity contribution in [2.75, 3.05) is 69.5 Å². The van der Waals surface area contributed by atoms with Crippen molar-refractivity contribution in [2.24, 2.45) is 13.0 Å². The first-order valence-corrected chi connectivity index (χ1v) is 21.1. The molecule has 61 heavy (non-hydrogen) atoms. The minimum absolute atomic E-state index is 0.00119. The Labute approximate surface area is 358 Å². The molecule has 322 valence electrons. The molecule has 2 aromatic heterocycles. The number of carbonyl (C=O) groups is 3. The highest BCUT2D eigenvalue weighted by Crippen LogP contribution is 2.33. The average molecular weight is 881 g/mol. The number of nitrogens with one attached hydrogen (secondary N) is 1. The first-order valence-electron chi connectivity index (χ1n) is 19.7. The van der Waals surface area contributed by atoms with Crippen LogP contribution in [0.3, 0.4) is 0 Å². The number of hydrogen-bond acceptors (Lipinski definition) is 6. The molecule has 5 aromatic rings. The zero-order valence-corrected chi connectivity index (χ0v) is 35.6. The van der Waals surface area contributed by atoms with Gasteiger partial charge in [0, 0.05) is 80.6 Å². The SMILES string of the molecule is Cc1nn(CCN(c2ccc(F)cc2)S(=O)O)cc1-c1ccc(-c2cnc(C(=O)Nc3ccc(C(=O)N4CCN(C(=O)C5CC[N+](C)(C)CC5)CC4)c(Cl)c3)n2C)c(F)c1F. The highest BCUT2D eigenvalue weighted by atomic mass is 35.5. The fourth-order valence-corrected chi connectivity index (χ4v) is 8.65. The number of imidazole rings is 1. The lowest BCUT2D eigenvalue weighted by Gasteiger charge is -2.40. The highest BCUT2D eigenvalue weighted by Gasteiger charge is 2.35. The summed E-state index contributed by atoms with van der Waals surface area (Å²) in [5, 5.41) is 7.20. The molecule has 0 spiro atoms. The van der Waals surface area contributed by atoms with Gasteiger partial charge < -0.3 is 24.2 Å². The smallest absolute Gasteiger partial charge is 0.291 e. The zero-order chi connectivity index (χ0) is 43.7. The standard InChI is InChI=1S/C42H45ClF3N9O5S/c1-26-34(25-53(49-26)19-20-54(61(59)60)30-8-5-28(44)6-9-30)31-11-12-33(38(46)37(31)45)36-24-47-39(50(36)2)40(56)48-29-7-10-32(35(43)23-29)42(58)52-17-15-51(16-18-52)41(57)27-13-21-55(3,4)22-14-27/h5-12,23-25,27H,13-22H2,1-4H3,(H-,48,56,58,59,60)/p+1. The summed E-state index contributed by atoms with van der Waals surface area (Å²) in [6.45, 7) is 5.30. The van der Waals surface area contributed by atoms with E-state index < -0.39 is 34.6 Å². The van der Waals surface area contributed by atoms with Gasteiger partial charge in [-0.05, 0) is 55.5 Å². The number of aromatic nitrogens is 4. The van der Waals surface area contributed by atoms with Gasteiger partial charge in [0.2, 0.25) is 5.91 Å². The number of quaternary nitrogens is 1. The predicted molar refractivity (Wildman–Crippen MR) is 225 cm³/mol. The van der Waals surface area contributed by atoms with Gasteiger partial charge >= 0.3 is 0 Å². The molecule has 0 aliphatic carbocycles. The molecule has 0 saturated carbocycles. The Morgan fingerprint density at radius 3 is 2.23 bits per heavy atom. The molecule has 3 amide bonds. The lowest BCUT2D eigenvalue weighted by Crippen LogP contribution is -2.54. The molecule has 2 saturated heterocycles. The van der Waals surface area contributed by atoms with Gasteiger partial charge in [0.1, 0.15) is 5.82 Å². The second kappa shape index (κ2) is 17.8. The number of likely N-dealkylation sites (tertiary alicyclic amines) is 1. The van der Waals surface area contributed by atoms with E-state index in [4.69, 9.17) is 11.6 Å². The Bertz CT molecular complexity index is 2500. The van der Waals surface area contributed by atoms with Crippen molar-refractivity contribution in [1.82, 2.24) is 29.1 Å². The van der Waals surface area contributed by atoms with Gasteiger partial charge in [0.05, 0.1) is 74.1 Å². The van der Waals surface area contributed by atoms with E-state index in [1.54, 1.807) is 11.8 Å². The molecular formula is C42H46ClF3N9O5S+. The summed E-state index contributed by atoms with van der Waals surface area (Å²) in [5.74, 6) is -3.69. The van der Waals surface area contributed by atoms with Gasteiger partial charge in [-0.2, -0.15) is 5.10 Å². The Morgan fingerprint density at radius 2 is 1.57 bits per heavy atom. The van der Waals surface area contributed by atoms with Crippen LogP contribution in [0.2, 0.25) is 5.02 Å². The fraction of sp³-hybridized carbons (Fsp3) is 0.357. The van der Waals surface area contributed by atoms with Gasteiger partial charge in [-0.25, -0.2) is 22.4 Å². The van der Waals surface area contributed by atoms with E-state index in [1.165, 1.54) is 83.3 Å². The molecule has 1 atom stereocenters. The summed E-state index contributed by atoms with van der Waals surface area (Å²) >= 11 is 4.14. The van der Waals surface area contributed by atoms with Crippen LogP contribution in [0.4, 0.5) is 24.5 Å². The number of aryl methyl sites for hydroxylation is 1. The van der Waals surface area contributed by atoms with Gasteiger partial charge in [0.25, 0.3) is 23.1 Å². The molecule has 2 aliphatic heterocycles. The van der Waals surface area contributed by atoms with E-state index in [2.05, 4.69) is 29.5 Å². The molecule has 1 unspecified atom stereocenters. The molecule has 19 heteroatoms. The van der Waals surface area contributed by atoms with E-state index in [1.807, 2.05) is 4.90 Å². The number of halogens is 4. The van der Waals surface area contributed by atoms with Crippen molar-refractivity contribution in [3.8, 4) is 22.4 Å². The van der Waals surface area contributed by atoms with Gasteiger partial charge in [-0.1, -0.05) is 17.7 Å². The number of piperazine rings is 1.